The summed E-state index contributed by atoms with van der Waals surface area (Å²) in [7, 11) is 5.43. The van der Waals surface area contributed by atoms with Crippen molar-refractivity contribution >= 4 is 11.9 Å². The van der Waals surface area contributed by atoms with Crippen LogP contribution in [-0.2, 0) is 4.79 Å². The third kappa shape index (κ3) is 8.42. The third-order valence-electron chi connectivity index (χ3n) is 3.75. The maximum Gasteiger partial charge on any atom is 0.243 e. The molecule has 1 aromatic carbocycles. The molecular weight excluding hydrogens is 316 g/mol. The number of carbonyl (C=O) groups is 1. The van der Waals surface area contributed by atoms with Crippen molar-refractivity contribution < 1.29 is 9.53 Å². The van der Waals surface area contributed by atoms with Crippen LogP contribution < -0.4 is 10.1 Å². The molecule has 1 N–H and O–H groups in total. The number of nitrogens with one attached hydrogen (secondary N) is 1. The Bertz CT molecular complexity index is 541. The Hall–Kier alpha value is -2.24. The number of guanidine groups is 1. The molecule has 0 bridgehead atoms. The van der Waals surface area contributed by atoms with Crippen molar-refractivity contribution in [3.63, 3.8) is 0 Å². The molecule has 1 amide bonds. The highest BCUT2D eigenvalue weighted by Crippen LogP contribution is 2.11. The molecule has 0 aromatic heterocycles. The van der Waals surface area contributed by atoms with Gasteiger partial charge in [-0.05, 0) is 25.5 Å². The molecule has 25 heavy (non-hydrogen) atoms. The van der Waals surface area contributed by atoms with Crippen LogP contribution in [-0.4, -0.2) is 69.1 Å². The Morgan fingerprint density at radius 2 is 1.88 bits per heavy atom. The van der Waals surface area contributed by atoms with Crippen LogP contribution in [0.25, 0.3) is 0 Å². The van der Waals surface area contributed by atoms with Gasteiger partial charge in [-0.15, -0.1) is 0 Å². The maximum atomic E-state index is 11.8. The van der Waals surface area contributed by atoms with Crippen molar-refractivity contribution in [2.24, 2.45) is 4.99 Å². The second kappa shape index (κ2) is 11.3. The Balaban J connectivity index is 2.54. The zero-order valence-corrected chi connectivity index (χ0v) is 16.2. The van der Waals surface area contributed by atoms with E-state index in [9.17, 15) is 4.79 Å². The summed E-state index contributed by atoms with van der Waals surface area (Å²) < 4.78 is 5.77. The van der Waals surface area contributed by atoms with E-state index in [1.54, 1.807) is 19.0 Å². The van der Waals surface area contributed by atoms with Crippen LogP contribution in [0.2, 0.25) is 0 Å². The lowest BCUT2D eigenvalue weighted by Crippen LogP contribution is -2.42. The zero-order valence-electron chi connectivity index (χ0n) is 16.2. The first kappa shape index (κ1) is 20.8. The molecule has 1 aromatic rings. The Kier molecular flexibility index (Phi) is 9.43. The summed E-state index contributed by atoms with van der Waals surface area (Å²) in [5.74, 6) is 1.58. The maximum absolute atomic E-state index is 11.8. The van der Waals surface area contributed by atoms with Crippen LogP contribution in [0.5, 0.6) is 5.75 Å². The first-order valence-electron chi connectivity index (χ1n) is 8.83. The molecule has 0 spiro atoms. The average molecular weight is 348 g/mol. The van der Waals surface area contributed by atoms with E-state index in [-0.39, 0.29) is 12.5 Å². The van der Waals surface area contributed by atoms with Crippen molar-refractivity contribution in [3.8, 4) is 5.75 Å². The van der Waals surface area contributed by atoms with Crippen molar-refractivity contribution in [1.82, 2.24) is 15.1 Å². The van der Waals surface area contributed by atoms with Crippen molar-refractivity contribution in [1.29, 1.82) is 0 Å². The monoisotopic (exact) mass is 348 g/mol. The van der Waals surface area contributed by atoms with Crippen LogP contribution in [0, 0.1) is 6.92 Å². The molecule has 0 radical (unpaired) electrons. The molecule has 0 heterocycles. The molecule has 0 fully saturated rings. The summed E-state index contributed by atoms with van der Waals surface area (Å²) in [6, 6.07) is 8.01. The van der Waals surface area contributed by atoms with Gasteiger partial charge in [-0.1, -0.05) is 31.0 Å². The average Bonchev–Trinajstić information content (AvgIpc) is 2.59. The van der Waals surface area contributed by atoms with E-state index in [2.05, 4.69) is 24.2 Å². The molecule has 0 aliphatic heterocycles. The van der Waals surface area contributed by atoms with Gasteiger partial charge in [0.25, 0.3) is 0 Å². The molecule has 0 aliphatic carbocycles. The minimum Gasteiger partial charge on any atom is -0.492 e. The number of rotatable bonds is 9. The Morgan fingerprint density at radius 3 is 2.48 bits per heavy atom. The van der Waals surface area contributed by atoms with Gasteiger partial charge in [0, 0.05) is 27.7 Å². The minimum atomic E-state index is -0.0147. The number of carbonyl (C=O) groups excluding carboxylic acids is 1. The number of likely N-dealkylation sites (N-methyl/N-ethyl adjacent to an activating group) is 2. The van der Waals surface area contributed by atoms with Crippen LogP contribution >= 0.6 is 0 Å². The summed E-state index contributed by atoms with van der Waals surface area (Å²) in [6.45, 7) is 6.42. The summed E-state index contributed by atoms with van der Waals surface area (Å²) in [5, 5.41) is 3.32. The normalized spacial score (nSPS) is 11.2. The van der Waals surface area contributed by atoms with Gasteiger partial charge in [-0.25, -0.2) is 4.99 Å². The first-order chi connectivity index (χ1) is 11.9. The second-order valence-electron chi connectivity index (χ2n) is 6.29. The second-order valence-corrected chi connectivity index (χ2v) is 6.29. The molecule has 6 nitrogen and oxygen atoms in total. The summed E-state index contributed by atoms with van der Waals surface area (Å²) in [6.07, 6.45) is 2.17. The lowest BCUT2D eigenvalue weighted by Gasteiger charge is -2.23. The standard InChI is InChI=1S/C19H32N4O2/c1-6-7-12-20-19(21-15-18(24)22(3)4)23(5)13-14-25-17-10-8-16(2)9-11-17/h8-11H,6-7,12-15H2,1-5H3,(H,20,21). The van der Waals surface area contributed by atoms with Crippen LogP contribution in [0.15, 0.2) is 29.3 Å². The molecule has 0 aliphatic rings. The van der Waals surface area contributed by atoms with E-state index in [0.29, 0.717) is 13.2 Å². The Morgan fingerprint density at radius 1 is 1.20 bits per heavy atom. The lowest BCUT2D eigenvalue weighted by atomic mass is 10.2. The number of aliphatic imine (C=N–C) groups is 1. The first-order valence-corrected chi connectivity index (χ1v) is 8.83. The van der Waals surface area contributed by atoms with Gasteiger partial charge in [0.1, 0.15) is 18.9 Å². The van der Waals surface area contributed by atoms with Gasteiger partial charge < -0.3 is 19.9 Å². The summed E-state index contributed by atoms with van der Waals surface area (Å²) in [5.41, 5.74) is 1.21. The van der Waals surface area contributed by atoms with Gasteiger partial charge >= 0.3 is 0 Å². The fraction of sp³-hybridized carbons (Fsp3) is 0.579. The number of amides is 1. The third-order valence-corrected chi connectivity index (χ3v) is 3.75. The number of hydrogen-bond donors (Lipinski definition) is 1. The SMILES string of the molecule is CCCCNC(=NCC(=O)N(C)C)N(C)CCOc1ccc(C)cc1. The highest BCUT2D eigenvalue weighted by Gasteiger charge is 2.09. The van der Waals surface area contributed by atoms with Crippen LogP contribution in [0.1, 0.15) is 25.3 Å². The van der Waals surface area contributed by atoms with E-state index in [4.69, 9.17) is 4.74 Å². The largest absolute Gasteiger partial charge is 0.492 e. The molecule has 0 atom stereocenters. The van der Waals surface area contributed by atoms with Gasteiger partial charge in [-0.3, -0.25) is 4.79 Å². The fourth-order valence-corrected chi connectivity index (χ4v) is 2.01. The number of nitrogens with zero attached hydrogens (tertiary/aromatic N) is 3. The molecule has 0 unspecified atom stereocenters. The van der Waals surface area contributed by atoms with E-state index >= 15 is 0 Å². The van der Waals surface area contributed by atoms with E-state index in [1.807, 2.05) is 36.2 Å². The number of ether oxygens (including phenoxy) is 1. The molecule has 0 saturated carbocycles. The molecule has 1 rings (SSSR count). The molecule has 140 valence electrons. The number of aryl methyl sites for hydroxylation is 1. The number of benzene rings is 1. The van der Waals surface area contributed by atoms with E-state index in [0.717, 1.165) is 31.1 Å². The Labute approximate surface area is 151 Å². The topological polar surface area (TPSA) is 57.2 Å². The minimum absolute atomic E-state index is 0.0147. The highest BCUT2D eigenvalue weighted by atomic mass is 16.5. The predicted molar refractivity (Wildman–Crippen MR) is 103 cm³/mol. The number of unbranched alkanes of at least 4 members (excludes halogenated alkanes) is 1. The van der Waals surface area contributed by atoms with Crippen LogP contribution in [0.3, 0.4) is 0 Å². The summed E-state index contributed by atoms with van der Waals surface area (Å²) >= 11 is 0. The highest BCUT2D eigenvalue weighted by molar-refractivity contribution is 5.84. The van der Waals surface area contributed by atoms with Crippen molar-refractivity contribution in [2.45, 2.75) is 26.7 Å². The van der Waals surface area contributed by atoms with Gasteiger partial charge in [0.2, 0.25) is 5.91 Å². The zero-order chi connectivity index (χ0) is 18.7. The predicted octanol–water partition coefficient (Wildman–Crippen LogP) is 2.14. The summed E-state index contributed by atoms with van der Waals surface area (Å²) in [4.78, 5) is 19.8. The lowest BCUT2D eigenvalue weighted by molar-refractivity contribution is -0.127. The quantitative estimate of drug-likeness (QED) is 0.422. The van der Waals surface area contributed by atoms with E-state index < -0.39 is 0 Å². The van der Waals surface area contributed by atoms with Crippen molar-refractivity contribution in [3.05, 3.63) is 29.8 Å². The van der Waals surface area contributed by atoms with Gasteiger partial charge in [0.05, 0.1) is 6.54 Å². The molecule has 0 saturated heterocycles. The number of hydrogen-bond acceptors (Lipinski definition) is 3. The smallest absolute Gasteiger partial charge is 0.243 e. The molecular formula is C19H32N4O2. The van der Waals surface area contributed by atoms with E-state index in [1.165, 1.54) is 5.56 Å². The van der Waals surface area contributed by atoms with Crippen LogP contribution in [0.4, 0.5) is 0 Å². The van der Waals surface area contributed by atoms with Gasteiger partial charge in [-0.2, -0.15) is 0 Å². The van der Waals surface area contributed by atoms with Crippen molar-refractivity contribution in [2.75, 3.05) is 47.4 Å². The fourth-order valence-electron chi connectivity index (χ4n) is 2.01. The molecule has 6 heteroatoms. The van der Waals surface area contributed by atoms with Gasteiger partial charge in [0.15, 0.2) is 5.96 Å².